The van der Waals surface area contributed by atoms with Crippen molar-refractivity contribution in [3.8, 4) is 0 Å². The molecule has 0 radical (unpaired) electrons. The van der Waals surface area contributed by atoms with Gasteiger partial charge < -0.3 is 17.2 Å². The number of anilines is 1. The number of aryl methyl sites for hydroxylation is 1. The molecule has 0 saturated heterocycles. The molecule has 116 valence electrons. The van der Waals surface area contributed by atoms with Crippen LogP contribution in [0.1, 0.15) is 23.6 Å². The van der Waals surface area contributed by atoms with E-state index in [0.717, 1.165) is 18.5 Å². The summed E-state index contributed by atoms with van der Waals surface area (Å²) in [5.41, 5.74) is 18.6. The van der Waals surface area contributed by atoms with Crippen LogP contribution in [-0.2, 0) is 6.42 Å². The Hall–Kier alpha value is -1.91. The molecule has 2 aromatic carbocycles. The van der Waals surface area contributed by atoms with E-state index >= 15 is 0 Å². The van der Waals surface area contributed by atoms with Crippen LogP contribution in [0.5, 0.6) is 0 Å². The molecule has 0 fully saturated rings. The van der Waals surface area contributed by atoms with Crippen molar-refractivity contribution < 1.29 is 4.39 Å². The van der Waals surface area contributed by atoms with E-state index in [1.807, 2.05) is 13.0 Å². The predicted molar refractivity (Wildman–Crippen MR) is 89.6 cm³/mol. The topological polar surface area (TPSA) is 78.1 Å². The molecule has 0 bridgehead atoms. The van der Waals surface area contributed by atoms with Crippen LogP contribution in [0.4, 0.5) is 10.1 Å². The van der Waals surface area contributed by atoms with Crippen molar-refractivity contribution in [2.75, 3.05) is 19.3 Å². The monoisotopic (exact) mass is 291 g/mol. The number of rotatable bonds is 2. The molecule has 0 unspecified atom stereocenters. The van der Waals surface area contributed by atoms with Crippen molar-refractivity contribution in [3.63, 3.8) is 0 Å². The van der Waals surface area contributed by atoms with E-state index in [1.165, 1.54) is 24.2 Å². The van der Waals surface area contributed by atoms with Gasteiger partial charge in [-0.15, -0.1) is 0 Å². The molecule has 0 aliphatic carbocycles. The summed E-state index contributed by atoms with van der Waals surface area (Å²) < 4.78 is 13.0. The Balaban J connectivity index is 0.000000713. The molecule has 0 aliphatic rings. The Labute approximate surface area is 127 Å². The average Bonchev–Trinajstić information content (AvgIpc) is 2.46. The van der Waals surface area contributed by atoms with Crippen molar-refractivity contribution in [3.05, 3.63) is 65.0 Å². The van der Waals surface area contributed by atoms with Gasteiger partial charge in [-0.2, -0.15) is 0 Å². The Bertz CT molecular complexity index is 527. The summed E-state index contributed by atoms with van der Waals surface area (Å²) in [6.45, 7) is 4.71. The lowest BCUT2D eigenvalue weighted by Crippen LogP contribution is -1.94. The normalized spacial score (nSPS) is 9.05. The second kappa shape index (κ2) is 10.8. The van der Waals surface area contributed by atoms with Gasteiger partial charge in [0.05, 0.1) is 5.69 Å². The molecule has 0 spiro atoms. The van der Waals surface area contributed by atoms with Gasteiger partial charge in [0, 0.05) is 0 Å². The van der Waals surface area contributed by atoms with Gasteiger partial charge in [0.25, 0.3) is 0 Å². The van der Waals surface area contributed by atoms with Crippen LogP contribution < -0.4 is 17.2 Å². The zero-order chi connectivity index (χ0) is 16.3. The largest absolute Gasteiger partial charge is 0.396 e. The number of hydrogen-bond donors (Lipinski definition) is 3. The molecule has 0 aliphatic heterocycles. The maximum Gasteiger partial charge on any atom is 0.146 e. The zero-order valence-corrected chi connectivity index (χ0v) is 13.1. The fraction of sp³-hybridized carbons (Fsp3) is 0.294. The first-order valence-corrected chi connectivity index (χ1v) is 6.94. The molecule has 0 atom stereocenters. The SMILES string of the molecule is CCN.CN.Cc1cccc(Cc2ccc(F)c(N)c2)c1. The van der Waals surface area contributed by atoms with Crippen molar-refractivity contribution in [2.24, 2.45) is 11.5 Å². The highest BCUT2D eigenvalue weighted by atomic mass is 19.1. The fourth-order valence-electron chi connectivity index (χ4n) is 1.76. The first-order chi connectivity index (χ1) is 10.1. The van der Waals surface area contributed by atoms with E-state index in [4.69, 9.17) is 11.5 Å². The molecule has 0 aromatic heterocycles. The number of halogens is 1. The highest BCUT2D eigenvalue weighted by molar-refractivity contribution is 5.44. The smallest absolute Gasteiger partial charge is 0.146 e. The van der Waals surface area contributed by atoms with Crippen LogP contribution >= 0.6 is 0 Å². The molecule has 0 saturated carbocycles. The molecule has 21 heavy (non-hydrogen) atoms. The van der Waals surface area contributed by atoms with Gasteiger partial charge in [0.15, 0.2) is 0 Å². The summed E-state index contributed by atoms with van der Waals surface area (Å²) in [7, 11) is 1.50. The minimum Gasteiger partial charge on any atom is -0.396 e. The summed E-state index contributed by atoms with van der Waals surface area (Å²) in [6, 6.07) is 13.2. The van der Waals surface area contributed by atoms with Crippen LogP contribution in [-0.4, -0.2) is 13.6 Å². The van der Waals surface area contributed by atoms with E-state index < -0.39 is 0 Å². The summed E-state index contributed by atoms with van der Waals surface area (Å²) >= 11 is 0. The van der Waals surface area contributed by atoms with Gasteiger partial charge in [-0.1, -0.05) is 42.8 Å². The average molecular weight is 291 g/mol. The van der Waals surface area contributed by atoms with Crippen molar-refractivity contribution in [1.29, 1.82) is 0 Å². The molecular formula is C17H26FN3. The standard InChI is InChI=1S/C14H14FN.C2H7N.CH5N/c1-10-3-2-4-11(7-10)8-12-5-6-13(15)14(16)9-12;1-2-3;1-2/h2-7,9H,8,16H2,1H3;2-3H2,1H3;2H2,1H3. The Morgan fingerprint density at radius 2 is 1.57 bits per heavy atom. The van der Waals surface area contributed by atoms with E-state index in [2.05, 4.69) is 30.9 Å². The maximum absolute atomic E-state index is 13.0. The summed E-state index contributed by atoms with van der Waals surface area (Å²) in [5.74, 6) is -0.354. The van der Waals surface area contributed by atoms with E-state index in [1.54, 1.807) is 12.1 Å². The fourth-order valence-corrected chi connectivity index (χ4v) is 1.76. The third-order valence-corrected chi connectivity index (χ3v) is 2.55. The van der Waals surface area contributed by atoms with Gasteiger partial charge in [-0.3, -0.25) is 0 Å². The van der Waals surface area contributed by atoms with Crippen molar-refractivity contribution >= 4 is 5.69 Å². The number of benzene rings is 2. The van der Waals surface area contributed by atoms with E-state index in [0.29, 0.717) is 0 Å². The van der Waals surface area contributed by atoms with Gasteiger partial charge in [-0.25, -0.2) is 4.39 Å². The van der Waals surface area contributed by atoms with E-state index in [-0.39, 0.29) is 11.5 Å². The molecule has 4 heteroatoms. The molecule has 0 heterocycles. The first-order valence-electron chi connectivity index (χ1n) is 6.94. The van der Waals surface area contributed by atoms with Gasteiger partial charge in [0.2, 0.25) is 0 Å². The number of hydrogen-bond acceptors (Lipinski definition) is 3. The Morgan fingerprint density at radius 3 is 2.10 bits per heavy atom. The maximum atomic E-state index is 13.0. The summed E-state index contributed by atoms with van der Waals surface area (Å²) in [5, 5.41) is 0. The van der Waals surface area contributed by atoms with Crippen LogP contribution in [0.2, 0.25) is 0 Å². The first kappa shape index (κ1) is 19.1. The lowest BCUT2D eigenvalue weighted by Gasteiger charge is -2.04. The second-order valence-corrected chi connectivity index (χ2v) is 4.43. The van der Waals surface area contributed by atoms with Crippen molar-refractivity contribution in [2.45, 2.75) is 20.3 Å². The van der Waals surface area contributed by atoms with Crippen LogP contribution in [0.3, 0.4) is 0 Å². The minimum absolute atomic E-state index is 0.213. The highest BCUT2D eigenvalue weighted by Crippen LogP contribution is 2.16. The molecular weight excluding hydrogens is 265 g/mol. The molecule has 3 nitrogen and oxygen atoms in total. The van der Waals surface area contributed by atoms with Gasteiger partial charge in [-0.05, 0) is 50.2 Å². The molecule has 6 N–H and O–H groups in total. The summed E-state index contributed by atoms with van der Waals surface area (Å²) in [6.07, 6.45) is 0.784. The predicted octanol–water partition coefficient (Wildman–Crippen LogP) is 2.85. The van der Waals surface area contributed by atoms with E-state index in [9.17, 15) is 4.39 Å². The van der Waals surface area contributed by atoms with Crippen LogP contribution in [0.25, 0.3) is 0 Å². The minimum atomic E-state index is -0.354. The number of nitrogen functional groups attached to an aromatic ring is 1. The Kier molecular flexibility index (Phi) is 9.84. The quantitative estimate of drug-likeness (QED) is 0.744. The third-order valence-electron chi connectivity index (χ3n) is 2.55. The molecule has 2 rings (SSSR count). The second-order valence-electron chi connectivity index (χ2n) is 4.43. The molecule has 2 aromatic rings. The van der Waals surface area contributed by atoms with Crippen molar-refractivity contribution in [1.82, 2.24) is 0 Å². The third kappa shape index (κ3) is 7.44. The van der Waals surface area contributed by atoms with Crippen LogP contribution in [0.15, 0.2) is 42.5 Å². The van der Waals surface area contributed by atoms with Crippen LogP contribution in [0, 0.1) is 12.7 Å². The van der Waals surface area contributed by atoms with Gasteiger partial charge in [0.1, 0.15) is 5.82 Å². The lowest BCUT2D eigenvalue weighted by molar-refractivity contribution is 0.632. The number of nitrogens with two attached hydrogens (primary N) is 3. The highest BCUT2D eigenvalue weighted by Gasteiger charge is 2.01. The zero-order valence-electron chi connectivity index (χ0n) is 13.1. The summed E-state index contributed by atoms with van der Waals surface area (Å²) in [4.78, 5) is 0. The Morgan fingerprint density at radius 1 is 1.00 bits per heavy atom. The van der Waals surface area contributed by atoms with Gasteiger partial charge >= 0.3 is 0 Å². The lowest BCUT2D eigenvalue weighted by atomic mass is 10.0. The molecule has 0 amide bonds.